The van der Waals surface area contributed by atoms with E-state index in [9.17, 15) is 0 Å². The molecule has 0 bridgehead atoms. The Morgan fingerprint density at radius 2 is 1.95 bits per heavy atom. The topological polar surface area (TPSA) is 66.9 Å². The summed E-state index contributed by atoms with van der Waals surface area (Å²) in [5, 5.41) is 8.45. The van der Waals surface area contributed by atoms with Gasteiger partial charge in [-0.05, 0) is 12.1 Å². The molecule has 6 heteroatoms. The number of para-hydroxylation sites is 1. The number of aromatic amines is 1. The number of nitrogens with one attached hydrogen (secondary N) is 1. The zero-order valence-electron chi connectivity index (χ0n) is 11.5. The number of rotatable bonds is 2. The van der Waals surface area contributed by atoms with Gasteiger partial charge in [0.05, 0.1) is 18.7 Å². The van der Waals surface area contributed by atoms with Crippen molar-refractivity contribution >= 4 is 16.9 Å². The van der Waals surface area contributed by atoms with Gasteiger partial charge in [0.1, 0.15) is 0 Å². The van der Waals surface area contributed by atoms with Crippen LogP contribution in [0.5, 0.6) is 0 Å². The fourth-order valence-corrected chi connectivity index (χ4v) is 2.57. The van der Waals surface area contributed by atoms with Crippen LogP contribution in [0.25, 0.3) is 22.3 Å². The number of nitrogens with zero attached hydrogens (tertiary/aromatic N) is 4. The van der Waals surface area contributed by atoms with E-state index in [0.29, 0.717) is 0 Å². The highest BCUT2D eigenvalue weighted by molar-refractivity contribution is 5.91. The van der Waals surface area contributed by atoms with Crippen LogP contribution in [0.1, 0.15) is 0 Å². The number of hydrogen-bond donors (Lipinski definition) is 1. The number of fused-ring (bicyclic) bond motifs is 1. The molecule has 1 fully saturated rings. The molecule has 3 heterocycles. The van der Waals surface area contributed by atoms with Crippen LogP contribution in [0.3, 0.4) is 0 Å². The maximum absolute atomic E-state index is 5.35. The lowest BCUT2D eigenvalue weighted by Gasteiger charge is -2.25. The van der Waals surface area contributed by atoms with Crippen LogP contribution < -0.4 is 4.90 Å². The Morgan fingerprint density at radius 1 is 1.10 bits per heavy atom. The second-order valence-corrected chi connectivity index (χ2v) is 4.96. The monoisotopic (exact) mass is 281 g/mol. The van der Waals surface area contributed by atoms with Gasteiger partial charge in [-0.1, -0.05) is 18.2 Å². The Kier molecular flexibility index (Phi) is 3.01. The summed E-state index contributed by atoms with van der Waals surface area (Å²) in [5.74, 6) is 1.47. The van der Waals surface area contributed by atoms with Gasteiger partial charge >= 0.3 is 0 Å². The van der Waals surface area contributed by atoms with Crippen LogP contribution >= 0.6 is 0 Å². The van der Waals surface area contributed by atoms with Crippen LogP contribution in [-0.2, 0) is 4.74 Å². The van der Waals surface area contributed by atoms with E-state index in [1.165, 1.54) is 0 Å². The van der Waals surface area contributed by atoms with Crippen LogP contribution in [0.4, 0.5) is 5.95 Å². The Labute approximate surface area is 121 Å². The Hall–Kier alpha value is -2.47. The number of ether oxygens (including phenoxy) is 1. The van der Waals surface area contributed by atoms with E-state index >= 15 is 0 Å². The quantitative estimate of drug-likeness (QED) is 0.776. The van der Waals surface area contributed by atoms with Gasteiger partial charge in [0.15, 0.2) is 5.82 Å². The molecule has 1 N–H and O–H groups in total. The van der Waals surface area contributed by atoms with E-state index in [1.54, 1.807) is 6.20 Å². The van der Waals surface area contributed by atoms with Gasteiger partial charge in [0.25, 0.3) is 0 Å². The van der Waals surface area contributed by atoms with Gasteiger partial charge in [0, 0.05) is 30.2 Å². The maximum Gasteiger partial charge on any atom is 0.245 e. The molecule has 0 aliphatic carbocycles. The number of hydrogen-bond acceptors (Lipinski definition) is 5. The maximum atomic E-state index is 5.35. The third kappa shape index (κ3) is 2.23. The van der Waals surface area contributed by atoms with E-state index in [2.05, 4.69) is 25.1 Å². The van der Waals surface area contributed by atoms with E-state index in [0.717, 1.165) is 54.5 Å². The Bertz CT molecular complexity index is 758. The molecule has 106 valence electrons. The zero-order valence-corrected chi connectivity index (χ0v) is 11.5. The SMILES string of the molecule is c1cnc2c(-c3nc(N4CCOCC4)n[nH]3)cccc2c1. The average molecular weight is 281 g/mol. The number of morpholine rings is 1. The minimum absolute atomic E-state index is 0.722. The first-order chi connectivity index (χ1) is 10.4. The molecular formula is C15H15N5O. The van der Waals surface area contributed by atoms with Crippen molar-refractivity contribution in [2.75, 3.05) is 31.2 Å². The van der Waals surface area contributed by atoms with E-state index < -0.39 is 0 Å². The first kappa shape index (κ1) is 12.3. The van der Waals surface area contributed by atoms with Gasteiger partial charge in [-0.3, -0.25) is 10.1 Å². The van der Waals surface area contributed by atoms with Gasteiger partial charge in [-0.2, -0.15) is 4.98 Å². The second kappa shape index (κ2) is 5.14. The molecule has 21 heavy (non-hydrogen) atoms. The third-order valence-electron chi connectivity index (χ3n) is 3.66. The molecule has 0 saturated carbocycles. The second-order valence-electron chi connectivity index (χ2n) is 4.96. The van der Waals surface area contributed by atoms with Crippen molar-refractivity contribution in [3.05, 3.63) is 36.5 Å². The van der Waals surface area contributed by atoms with E-state index in [1.807, 2.05) is 30.3 Å². The largest absolute Gasteiger partial charge is 0.378 e. The first-order valence-electron chi connectivity index (χ1n) is 7.01. The smallest absolute Gasteiger partial charge is 0.245 e. The summed E-state index contributed by atoms with van der Waals surface area (Å²) in [4.78, 5) is 11.2. The van der Waals surface area contributed by atoms with Gasteiger partial charge in [-0.25, -0.2) is 0 Å². The zero-order chi connectivity index (χ0) is 14.1. The molecule has 0 atom stereocenters. The normalized spacial score (nSPS) is 15.5. The van der Waals surface area contributed by atoms with Crippen molar-refractivity contribution in [1.29, 1.82) is 0 Å². The van der Waals surface area contributed by atoms with Crippen molar-refractivity contribution in [2.45, 2.75) is 0 Å². The molecule has 2 aromatic heterocycles. The molecule has 0 radical (unpaired) electrons. The number of pyridine rings is 1. The minimum Gasteiger partial charge on any atom is -0.378 e. The molecule has 1 aliphatic rings. The van der Waals surface area contributed by atoms with Gasteiger partial charge in [-0.15, -0.1) is 5.10 Å². The summed E-state index contributed by atoms with van der Waals surface area (Å²) in [6.45, 7) is 3.09. The first-order valence-corrected chi connectivity index (χ1v) is 7.01. The summed E-state index contributed by atoms with van der Waals surface area (Å²) < 4.78 is 5.35. The van der Waals surface area contributed by atoms with E-state index in [-0.39, 0.29) is 0 Å². The molecule has 1 aliphatic heterocycles. The fourth-order valence-electron chi connectivity index (χ4n) is 2.57. The molecule has 6 nitrogen and oxygen atoms in total. The van der Waals surface area contributed by atoms with Crippen molar-refractivity contribution < 1.29 is 4.74 Å². The highest BCUT2D eigenvalue weighted by atomic mass is 16.5. The van der Waals surface area contributed by atoms with Crippen molar-refractivity contribution in [2.24, 2.45) is 0 Å². The summed E-state index contributed by atoms with van der Waals surface area (Å²) in [5.41, 5.74) is 1.91. The summed E-state index contributed by atoms with van der Waals surface area (Å²) in [6, 6.07) is 10.1. The third-order valence-corrected chi connectivity index (χ3v) is 3.66. The Balaban J connectivity index is 1.74. The molecule has 0 amide bonds. The van der Waals surface area contributed by atoms with Crippen LogP contribution in [0, 0.1) is 0 Å². The highest BCUT2D eigenvalue weighted by Gasteiger charge is 2.17. The van der Waals surface area contributed by atoms with Crippen molar-refractivity contribution in [1.82, 2.24) is 20.2 Å². The fraction of sp³-hybridized carbons (Fsp3) is 0.267. The van der Waals surface area contributed by atoms with Gasteiger partial charge in [0.2, 0.25) is 5.95 Å². The molecule has 0 spiro atoms. The number of benzene rings is 1. The molecular weight excluding hydrogens is 266 g/mol. The van der Waals surface area contributed by atoms with Crippen molar-refractivity contribution in [3.63, 3.8) is 0 Å². The summed E-state index contributed by atoms with van der Waals surface area (Å²) >= 11 is 0. The summed E-state index contributed by atoms with van der Waals surface area (Å²) in [6.07, 6.45) is 1.80. The standard InChI is InChI=1S/C15H15N5O/c1-3-11-4-2-6-16-13(11)12(5-1)14-17-15(19-18-14)20-7-9-21-10-8-20/h1-6H,7-10H2,(H,17,18,19). The Morgan fingerprint density at radius 3 is 2.86 bits per heavy atom. The minimum atomic E-state index is 0.722. The lowest BCUT2D eigenvalue weighted by molar-refractivity contribution is 0.122. The number of H-pyrrole nitrogens is 1. The molecule has 0 unspecified atom stereocenters. The lowest BCUT2D eigenvalue weighted by Crippen LogP contribution is -2.36. The molecule has 3 aromatic rings. The van der Waals surface area contributed by atoms with Gasteiger partial charge < -0.3 is 9.64 Å². The van der Waals surface area contributed by atoms with Crippen LogP contribution in [0.15, 0.2) is 36.5 Å². The lowest BCUT2D eigenvalue weighted by atomic mass is 10.1. The molecule has 4 rings (SSSR count). The molecule has 1 aromatic carbocycles. The highest BCUT2D eigenvalue weighted by Crippen LogP contribution is 2.25. The van der Waals surface area contributed by atoms with E-state index in [4.69, 9.17) is 4.74 Å². The number of aromatic nitrogens is 4. The molecule has 1 saturated heterocycles. The average Bonchev–Trinajstić information content (AvgIpc) is 3.05. The predicted molar refractivity (Wildman–Crippen MR) is 80.2 cm³/mol. The predicted octanol–water partition coefficient (Wildman–Crippen LogP) is 1.86. The summed E-state index contributed by atoms with van der Waals surface area (Å²) in [7, 11) is 0. The van der Waals surface area contributed by atoms with Crippen molar-refractivity contribution in [3.8, 4) is 11.4 Å². The van der Waals surface area contributed by atoms with Crippen LogP contribution in [0.2, 0.25) is 0 Å². The number of anilines is 1. The van der Waals surface area contributed by atoms with Crippen LogP contribution in [-0.4, -0.2) is 46.5 Å².